The number of methoxy groups -OCH3 is 1. The van der Waals surface area contributed by atoms with Crippen molar-refractivity contribution in [2.24, 2.45) is 5.73 Å². The largest absolute Gasteiger partial charge is 0.497 e. The van der Waals surface area contributed by atoms with Crippen molar-refractivity contribution in [1.29, 1.82) is 5.26 Å². The number of nitriles is 1. The lowest BCUT2D eigenvalue weighted by atomic mass is 10.1. The topological polar surface area (TPSA) is 81.0 Å². The van der Waals surface area contributed by atoms with Crippen LogP contribution in [-0.2, 0) is 6.54 Å². The highest BCUT2D eigenvalue weighted by molar-refractivity contribution is 5.62. The molecule has 0 aliphatic carbocycles. The number of aromatic nitrogens is 1. The van der Waals surface area contributed by atoms with E-state index in [1.54, 1.807) is 23.8 Å². The second-order valence-electron chi connectivity index (χ2n) is 4.58. The first-order valence-electron chi connectivity index (χ1n) is 6.69. The average Bonchev–Trinajstić information content (AvgIpc) is 2.53. The Balaban J connectivity index is 2.59. The maximum absolute atomic E-state index is 12.3. The molecule has 0 aliphatic rings. The van der Waals surface area contributed by atoms with E-state index < -0.39 is 0 Å². The standard InChI is InChI=1S/C16H17N3O2/c1-21-14-5-2-4-12(10-14)15-7-6-13(11-18)16(20)19(15)9-3-8-17/h2,4-7,10H,3,8-9,17H2,1H3. The minimum Gasteiger partial charge on any atom is -0.497 e. The first-order chi connectivity index (χ1) is 10.2. The van der Waals surface area contributed by atoms with Crippen LogP contribution in [0, 0.1) is 11.3 Å². The molecule has 0 saturated heterocycles. The lowest BCUT2D eigenvalue weighted by Gasteiger charge is -2.13. The van der Waals surface area contributed by atoms with Crippen molar-refractivity contribution < 1.29 is 4.74 Å². The molecule has 0 radical (unpaired) electrons. The van der Waals surface area contributed by atoms with Gasteiger partial charge in [0, 0.05) is 12.1 Å². The zero-order valence-electron chi connectivity index (χ0n) is 11.9. The molecule has 2 rings (SSSR count). The van der Waals surface area contributed by atoms with E-state index in [1.165, 1.54) is 0 Å². The molecule has 0 atom stereocenters. The first kappa shape index (κ1) is 14.8. The Morgan fingerprint density at radius 3 is 2.81 bits per heavy atom. The van der Waals surface area contributed by atoms with Gasteiger partial charge in [-0.3, -0.25) is 4.79 Å². The van der Waals surface area contributed by atoms with E-state index in [0.717, 1.165) is 17.0 Å². The van der Waals surface area contributed by atoms with Crippen LogP contribution in [0.15, 0.2) is 41.2 Å². The number of rotatable bonds is 5. The lowest BCUT2D eigenvalue weighted by Crippen LogP contribution is -2.25. The number of nitrogens with two attached hydrogens (primary N) is 1. The van der Waals surface area contributed by atoms with Crippen molar-refractivity contribution >= 4 is 0 Å². The van der Waals surface area contributed by atoms with E-state index in [1.807, 2.05) is 30.3 Å². The van der Waals surface area contributed by atoms with E-state index in [9.17, 15) is 4.79 Å². The summed E-state index contributed by atoms with van der Waals surface area (Å²) in [5.74, 6) is 0.717. The molecule has 1 aromatic carbocycles. The van der Waals surface area contributed by atoms with Gasteiger partial charge in [-0.25, -0.2) is 0 Å². The van der Waals surface area contributed by atoms with Crippen LogP contribution < -0.4 is 16.0 Å². The quantitative estimate of drug-likeness (QED) is 0.906. The SMILES string of the molecule is COc1cccc(-c2ccc(C#N)c(=O)n2CCCN)c1. The van der Waals surface area contributed by atoms with Gasteiger partial charge in [-0.15, -0.1) is 0 Å². The molecule has 2 aromatic rings. The molecule has 0 bridgehead atoms. The second-order valence-corrected chi connectivity index (χ2v) is 4.58. The number of ether oxygens (including phenoxy) is 1. The summed E-state index contributed by atoms with van der Waals surface area (Å²) in [5, 5.41) is 9.00. The fourth-order valence-corrected chi connectivity index (χ4v) is 2.17. The van der Waals surface area contributed by atoms with Crippen molar-refractivity contribution in [1.82, 2.24) is 4.57 Å². The zero-order chi connectivity index (χ0) is 15.2. The third-order valence-corrected chi connectivity index (χ3v) is 3.25. The summed E-state index contributed by atoms with van der Waals surface area (Å²) in [6.07, 6.45) is 0.672. The summed E-state index contributed by atoms with van der Waals surface area (Å²) >= 11 is 0. The fourth-order valence-electron chi connectivity index (χ4n) is 2.17. The molecule has 0 spiro atoms. The molecule has 0 saturated carbocycles. The summed E-state index contributed by atoms with van der Waals surface area (Å²) in [7, 11) is 1.60. The summed E-state index contributed by atoms with van der Waals surface area (Å²) in [6, 6.07) is 12.7. The highest BCUT2D eigenvalue weighted by atomic mass is 16.5. The minimum absolute atomic E-state index is 0.138. The van der Waals surface area contributed by atoms with Gasteiger partial charge in [0.15, 0.2) is 0 Å². The molecule has 108 valence electrons. The first-order valence-corrected chi connectivity index (χ1v) is 6.69. The van der Waals surface area contributed by atoms with Crippen LogP contribution in [0.25, 0.3) is 11.3 Å². The van der Waals surface area contributed by atoms with Gasteiger partial charge in [-0.1, -0.05) is 12.1 Å². The van der Waals surface area contributed by atoms with Gasteiger partial charge in [-0.05, 0) is 37.2 Å². The summed E-state index contributed by atoms with van der Waals surface area (Å²) in [5.41, 5.74) is 7.01. The Hall–Kier alpha value is -2.58. The number of hydrogen-bond donors (Lipinski definition) is 1. The molecule has 1 aromatic heterocycles. The van der Waals surface area contributed by atoms with Crippen LogP contribution >= 0.6 is 0 Å². The van der Waals surface area contributed by atoms with Crippen LogP contribution in [0.1, 0.15) is 12.0 Å². The van der Waals surface area contributed by atoms with Crippen LogP contribution in [0.2, 0.25) is 0 Å². The van der Waals surface area contributed by atoms with Gasteiger partial charge in [0.2, 0.25) is 0 Å². The van der Waals surface area contributed by atoms with E-state index in [2.05, 4.69) is 0 Å². The molecule has 1 heterocycles. The van der Waals surface area contributed by atoms with E-state index in [-0.39, 0.29) is 11.1 Å². The van der Waals surface area contributed by atoms with Crippen LogP contribution in [0.4, 0.5) is 0 Å². The van der Waals surface area contributed by atoms with E-state index in [0.29, 0.717) is 19.5 Å². The molecule has 0 amide bonds. The molecule has 5 nitrogen and oxygen atoms in total. The maximum atomic E-state index is 12.3. The third kappa shape index (κ3) is 3.12. The summed E-state index contributed by atoms with van der Waals surface area (Å²) < 4.78 is 6.81. The Labute approximate surface area is 123 Å². The zero-order valence-corrected chi connectivity index (χ0v) is 11.9. The minimum atomic E-state index is -0.286. The molecular weight excluding hydrogens is 266 g/mol. The van der Waals surface area contributed by atoms with Crippen molar-refractivity contribution in [3.63, 3.8) is 0 Å². The van der Waals surface area contributed by atoms with Gasteiger partial charge >= 0.3 is 0 Å². The van der Waals surface area contributed by atoms with E-state index >= 15 is 0 Å². The number of hydrogen-bond acceptors (Lipinski definition) is 4. The van der Waals surface area contributed by atoms with Gasteiger partial charge < -0.3 is 15.0 Å². The van der Waals surface area contributed by atoms with Crippen LogP contribution in [-0.4, -0.2) is 18.2 Å². The monoisotopic (exact) mass is 283 g/mol. The summed E-state index contributed by atoms with van der Waals surface area (Å²) in [6.45, 7) is 0.970. The van der Waals surface area contributed by atoms with Crippen molar-refractivity contribution in [3.05, 3.63) is 52.3 Å². The van der Waals surface area contributed by atoms with Crippen molar-refractivity contribution in [3.8, 4) is 23.1 Å². The molecule has 0 fully saturated rings. The molecular formula is C16H17N3O2. The molecule has 21 heavy (non-hydrogen) atoms. The van der Waals surface area contributed by atoms with Gasteiger partial charge in [0.25, 0.3) is 5.56 Å². The fraction of sp³-hybridized carbons (Fsp3) is 0.250. The average molecular weight is 283 g/mol. The predicted molar refractivity (Wildman–Crippen MR) is 81.1 cm³/mol. The predicted octanol–water partition coefficient (Wildman–Crippen LogP) is 1.74. The third-order valence-electron chi connectivity index (χ3n) is 3.25. The Kier molecular flexibility index (Phi) is 4.75. The maximum Gasteiger partial charge on any atom is 0.268 e. The molecule has 0 aliphatic heterocycles. The highest BCUT2D eigenvalue weighted by Gasteiger charge is 2.10. The van der Waals surface area contributed by atoms with E-state index in [4.69, 9.17) is 15.7 Å². The Morgan fingerprint density at radius 1 is 1.33 bits per heavy atom. The summed E-state index contributed by atoms with van der Waals surface area (Å²) in [4.78, 5) is 12.3. The number of nitrogens with zero attached hydrogens (tertiary/aromatic N) is 2. The Morgan fingerprint density at radius 2 is 2.14 bits per heavy atom. The number of benzene rings is 1. The van der Waals surface area contributed by atoms with Gasteiger partial charge in [0.1, 0.15) is 17.4 Å². The number of pyridine rings is 1. The smallest absolute Gasteiger partial charge is 0.268 e. The van der Waals surface area contributed by atoms with Gasteiger partial charge in [-0.2, -0.15) is 5.26 Å². The van der Waals surface area contributed by atoms with Crippen molar-refractivity contribution in [2.45, 2.75) is 13.0 Å². The van der Waals surface area contributed by atoms with Crippen LogP contribution in [0.3, 0.4) is 0 Å². The second kappa shape index (κ2) is 6.73. The Bertz CT molecular complexity index is 729. The molecule has 5 heteroatoms. The van der Waals surface area contributed by atoms with Gasteiger partial charge in [0.05, 0.1) is 12.8 Å². The lowest BCUT2D eigenvalue weighted by molar-refractivity contribution is 0.415. The van der Waals surface area contributed by atoms with Crippen molar-refractivity contribution in [2.75, 3.05) is 13.7 Å². The highest BCUT2D eigenvalue weighted by Crippen LogP contribution is 2.23. The normalized spacial score (nSPS) is 10.1. The molecule has 0 unspecified atom stereocenters. The van der Waals surface area contributed by atoms with Crippen LogP contribution in [0.5, 0.6) is 5.75 Å². The molecule has 2 N–H and O–H groups in total.